The molecule has 1 aliphatic heterocycles. The molecule has 0 N–H and O–H groups in total. The fourth-order valence-corrected chi connectivity index (χ4v) is 7.05. The molecule has 0 aliphatic carbocycles. The number of hydrogen-bond donors (Lipinski definition) is 0. The molecule has 0 bridgehead atoms. The van der Waals surface area contributed by atoms with Crippen molar-refractivity contribution < 1.29 is 22.4 Å². The highest BCUT2D eigenvalue weighted by atomic mass is 32.2. The van der Waals surface area contributed by atoms with Crippen LogP contribution in [0.5, 0.6) is 5.75 Å². The Hall–Kier alpha value is -3.21. The van der Waals surface area contributed by atoms with Crippen molar-refractivity contribution in [3.05, 3.63) is 72.2 Å². The maximum Gasteiger partial charge on any atom is 0.243 e. The molecular formula is C27H29N3O5S2. The number of anilines is 1. The van der Waals surface area contributed by atoms with Gasteiger partial charge in [-0.3, -0.25) is 9.69 Å². The van der Waals surface area contributed by atoms with Crippen molar-refractivity contribution in [2.24, 2.45) is 5.92 Å². The number of methoxy groups -OCH3 is 1. The first-order chi connectivity index (χ1) is 17.9. The Morgan fingerprint density at radius 1 is 1.16 bits per heavy atom. The lowest BCUT2D eigenvalue weighted by atomic mass is 9.96. The Kier molecular flexibility index (Phi) is 7.32. The third-order valence-electron chi connectivity index (χ3n) is 6.74. The first-order valence-electron chi connectivity index (χ1n) is 12.3. The van der Waals surface area contributed by atoms with Crippen molar-refractivity contribution in [3.8, 4) is 5.75 Å². The minimum atomic E-state index is -3.65. The number of nitrogens with zero attached hydrogens (tertiary/aromatic N) is 3. The van der Waals surface area contributed by atoms with E-state index in [1.165, 1.54) is 28.3 Å². The second-order valence-corrected chi connectivity index (χ2v) is 12.0. The number of rotatable bonds is 8. The van der Waals surface area contributed by atoms with Gasteiger partial charge in [-0.2, -0.15) is 4.31 Å². The van der Waals surface area contributed by atoms with Crippen LogP contribution < -0.4 is 9.64 Å². The van der Waals surface area contributed by atoms with Gasteiger partial charge in [0, 0.05) is 19.0 Å². The molecule has 10 heteroatoms. The monoisotopic (exact) mass is 539 g/mol. The van der Waals surface area contributed by atoms with E-state index in [0.717, 1.165) is 16.6 Å². The largest absolute Gasteiger partial charge is 0.497 e. The normalized spacial score (nSPS) is 15.2. The highest BCUT2D eigenvalue weighted by Gasteiger charge is 2.35. The molecule has 0 unspecified atom stereocenters. The third kappa shape index (κ3) is 5.27. The number of carbonyl (C=O) groups is 1. The van der Waals surface area contributed by atoms with E-state index in [9.17, 15) is 13.2 Å². The Bertz CT molecular complexity index is 1470. The summed E-state index contributed by atoms with van der Waals surface area (Å²) >= 11 is 1.49. The molecule has 8 nitrogen and oxygen atoms in total. The van der Waals surface area contributed by atoms with Crippen LogP contribution >= 0.6 is 11.3 Å². The van der Waals surface area contributed by atoms with Crippen LogP contribution in [0.3, 0.4) is 0 Å². The van der Waals surface area contributed by atoms with Crippen molar-refractivity contribution in [2.75, 3.05) is 25.1 Å². The molecule has 1 saturated heterocycles. The second kappa shape index (κ2) is 10.6. The summed E-state index contributed by atoms with van der Waals surface area (Å²) in [4.78, 5) is 20.5. The summed E-state index contributed by atoms with van der Waals surface area (Å²) in [6, 6.07) is 16.2. The summed E-state index contributed by atoms with van der Waals surface area (Å²) < 4.78 is 39.5. The number of piperidine rings is 1. The average molecular weight is 540 g/mol. The summed E-state index contributed by atoms with van der Waals surface area (Å²) in [7, 11) is -2.11. The predicted octanol–water partition coefficient (Wildman–Crippen LogP) is 5.09. The minimum Gasteiger partial charge on any atom is -0.497 e. The number of ether oxygens (including phenoxy) is 1. The quantitative estimate of drug-likeness (QED) is 0.310. The van der Waals surface area contributed by atoms with Gasteiger partial charge in [0.25, 0.3) is 0 Å². The van der Waals surface area contributed by atoms with Crippen molar-refractivity contribution in [2.45, 2.75) is 37.6 Å². The van der Waals surface area contributed by atoms with Gasteiger partial charge in [0.15, 0.2) is 5.13 Å². The second-order valence-electron chi connectivity index (χ2n) is 9.01. The topological polar surface area (TPSA) is 93.0 Å². The van der Waals surface area contributed by atoms with Crippen LogP contribution in [0.25, 0.3) is 10.2 Å². The van der Waals surface area contributed by atoms with Gasteiger partial charge in [-0.05, 0) is 73.4 Å². The number of benzene rings is 2. The molecule has 0 saturated carbocycles. The first kappa shape index (κ1) is 25.4. The van der Waals surface area contributed by atoms with Crippen LogP contribution in [0.15, 0.2) is 70.2 Å². The molecule has 37 heavy (non-hydrogen) atoms. The van der Waals surface area contributed by atoms with Crippen molar-refractivity contribution in [3.63, 3.8) is 0 Å². The standard InChI is InChI=1S/C27H29N3O5S2/c1-3-19-6-11-24-25(17-19)36-27(28-24)30(18-22-5-4-16-35-22)26(31)20-12-14-29(15-13-20)37(32,33)23-9-7-21(34-2)8-10-23/h4-11,16-17,20H,3,12-15,18H2,1-2H3. The number of carbonyl (C=O) groups excluding carboxylic acids is 1. The van der Waals surface area contributed by atoms with E-state index >= 15 is 0 Å². The molecule has 1 fully saturated rings. The van der Waals surface area contributed by atoms with E-state index in [1.54, 1.807) is 41.5 Å². The maximum absolute atomic E-state index is 13.8. The number of amides is 1. The van der Waals surface area contributed by atoms with Gasteiger partial charge >= 0.3 is 0 Å². The zero-order valence-corrected chi connectivity index (χ0v) is 22.4. The van der Waals surface area contributed by atoms with E-state index < -0.39 is 10.0 Å². The molecule has 0 radical (unpaired) electrons. The van der Waals surface area contributed by atoms with Gasteiger partial charge in [0.05, 0.1) is 35.0 Å². The van der Waals surface area contributed by atoms with Gasteiger partial charge in [-0.25, -0.2) is 13.4 Å². The van der Waals surface area contributed by atoms with Crippen molar-refractivity contribution >= 4 is 42.6 Å². The van der Waals surface area contributed by atoms with E-state index in [-0.39, 0.29) is 36.4 Å². The lowest BCUT2D eigenvalue weighted by Gasteiger charge is -2.32. The Labute approximate surface area is 220 Å². The third-order valence-corrected chi connectivity index (χ3v) is 9.70. The lowest BCUT2D eigenvalue weighted by molar-refractivity contribution is -0.123. The summed E-state index contributed by atoms with van der Waals surface area (Å²) in [5.41, 5.74) is 2.08. The first-order valence-corrected chi connectivity index (χ1v) is 14.5. The fourth-order valence-electron chi connectivity index (χ4n) is 4.55. The van der Waals surface area contributed by atoms with Crippen LogP contribution in [-0.4, -0.2) is 43.8 Å². The zero-order chi connectivity index (χ0) is 26.0. The van der Waals surface area contributed by atoms with Crippen LogP contribution in [0.1, 0.15) is 31.1 Å². The molecule has 0 atom stereocenters. The SMILES string of the molecule is CCc1ccc2nc(N(Cc3ccco3)C(=O)C3CCN(S(=O)(=O)c4ccc(OC)cc4)CC3)sc2c1. The van der Waals surface area contributed by atoms with Crippen LogP contribution in [0.2, 0.25) is 0 Å². The Morgan fingerprint density at radius 2 is 1.92 bits per heavy atom. The molecular weight excluding hydrogens is 510 g/mol. The molecule has 1 amide bonds. The van der Waals surface area contributed by atoms with Crippen molar-refractivity contribution in [1.82, 2.24) is 9.29 Å². The van der Waals surface area contributed by atoms with Crippen LogP contribution in [-0.2, 0) is 27.8 Å². The number of thiazole rings is 1. The van der Waals surface area contributed by atoms with Gasteiger partial charge in [0.1, 0.15) is 11.5 Å². The number of aryl methyl sites for hydroxylation is 1. The molecule has 5 rings (SSSR count). The fraction of sp³-hybridized carbons (Fsp3) is 0.333. The number of aromatic nitrogens is 1. The lowest BCUT2D eigenvalue weighted by Crippen LogP contribution is -2.44. The van der Waals surface area contributed by atoms with E-state index in [1.807, 2.05) is 12.1 Å². The van der Waals surface area contributed by atoms with E-state index in [0.29, 0.717) is 29.5 Å². The molecule has 3 heterocycles. The average Bonchev–Trinajstić information content (AvgIpc) is 3.60. The number of hydrogen-bond acceptors (Lipinski definition) is 7. The van der Waals surface area contributed by atoms with Gasteiger partial charge in [-0.15, -0.1) is 0 Å². The van der Waals surface area contributed by atoms with Gasteiger partial charge < -0.3 is 9.15 Å². The van der Waals surface area contributed by atoms with Crippen LogP contribution in [0.4, 0.5) is 5.13 Å². The van der Waals surface area contributed by atoms with E-state index in [4.69, 9.17) is 14.1 Å². The summed E-state index contributed by atoms with van der Waals surface area (Å²) in [5, 5.41) is 0.623. The molecule has 2 aromatic heterocycles. The zero-order valence-electron chi connectivity index (χ0n) is 20.8. The van der Waals surface area contributed by atoms with Crippen LogP contribution in [0, 0.1) is 5.92 Å². The molecule has 4 aromatic rings. The summed E-state index contributed by atoms with van der Waals surface area (Å²) in [6.45, 7) is 2.94. The van der Waals surface area contributed by atoms with E-state index in [2.05, 4.69) is 19.1 Å². The summed E-state index contributed by atoms with van der Waals surface area (Å²) in [6.07, 6.45) is 3.39. The Morgan fingerprint density at radius 3 is 2.57 bits per heavy atom. The molecule has 194 valence electrons. The van der Waals surface area contributed by atoms with Gasteiger partial charge in [-0.1, -0.05) is 24.3 Å². The number of sulfonamides is 1. The molecule has 0 spiro atoms. The maximum atomic E-state index is 13.8. The predicted molar refractivity (Wildman–Crippen MR) is 143 cm³/mol. The molecule has 2 aromatic carbocycles. The summed E-state index contributed by atoms with van der Waals surface area (Å²) in [5.74, 6) is 0.894. The number of fused-ring (bicyclic) bond motifs is 1. The highest BCUT2D eigenvalue weighted by molar-refractivity contribution is 7.89. The Balaban J connectivity index is 1.34. The van der Waals surface area contributed by atoms with Crippen molar-refractivity contribution in [1.29, 1.82) is 0 Å². The smallest absolute Gasteiger partial charge is 0.243 e. The number of furan rings is 1. The molecule has 1 aliphatic rings. The van der Waals surface area contributed by atoms with Gasteiger partial charge in [0.2, 0.25) is 15.9 Å². The highest BCUT2D eigenvalue weighted by Crippen LogP contribution is 2.34. The minimum absolute atomic E-state index is 0.0623.